The molecule has 0 aliphatic heterocycles. The fraction of sp³-hybridized carbons (Fsp3) is 0.100. The van der Waals surface area contributed by atoms with Gasteiger partial charge in [-0.3, -0.25) is 4.79 Å². The van der Waals surface area contributed by atoms with E-state index in [1.807, 2.05) is 0 Å². The average molecular weight is 367 g/mol. The van der Waals surface area contributed by atoms with Gasteiger partial charge in [0.25, 0.3) is 5.91 Å². The zero-order valence-corrected chi connectivity index (χ0v) is 14.5. The quantitative estimate of drug-likeness (QED) is 0.508. The number of rotatable bonds is 7. The molecule has 7 nitrogen and oxygen atoms in total. The Labute approximate surface area is 155 Å². The third-order valence-electron chi connectivity index (χ3n) is 3.58. The molecule has 138 valence electrons. The van der Waals surface area contributed by atoms with Gasteiger partial charge in [-0.05, 0) is 36.4 Å². The van der Waals surface area contributed by atoms with Crippen molar-refractivity contribution in [2.24, 2.45) is 0 Å². The van der Waals surface area contributed by atoms with Gasteiger partial charge in [-0.2, -0.15) is 0 Å². The second-order valence-electron chi connectivity index (χ2n) is 5.38. The Balaban J connectivity index is 1.79. The van der Waals surface area contributed by atoms with Crippen LogP contribution >= 0.6 is 0 Å². The van der Waals surface area contributed by atoms with Crippen LogP contribution in [0.1, 0.15) is 21.9 Å². The first-order valence-electron chi connectivity index (χ1n) is 8.06. The van der Waals surface area contributed by atoms with Gasteiger partial charge in [-0.1, -0.05) is 12.1 Å². The second-order valence-corrected chi connectivity index (χ2v) is 5.38. The Morgan fingerprint density at radius 2 is 1.81 bits per heavy atom. The van der Waals surface area contributed by atoms with Crippen LogP contribution in [-0.4, -0.2) is 19.0 Å². The summed E-state index contributed by atoms with van der Waals surface area (Å²) < 4.78 is 20.7. The zero-order chi connectivity index (χ0) is 19.1. The van der Waals surface area contributed by atoms with E-state index in [9.17, 15) is 9.59 Å². The molecule has 3 aromatic rings. The summed E-state index contributed by atoms with van der Waals surface area (Å²) in [4.78, 5) is 25.1. The number of carbonyl (C=O) groups excluding carboxylic acids is 2. The first-order chi connectivity index (χ1) is 13.2. The smallest absolute Gasteiger partial charge is 0.355 e. The van der Waals surface area contributed by atoms with E-state index < -0.39 is 11.9 Å². The van der Waals surface area contributed by atoms with Crippen molar-refractivity contribution in [1.29, 1.82) is 0 Å². The van der Waals surface area contributed by atoms with Crippen LogP contribution in [0.25, 0.3) is 6.08 Å². The maximum Gasteiger partial charge on any atom is 0.355 e. The van der Waals surface area contributed by atoms with E-state index in [0.717, 1.165) is 0 Å². The van der Waals surface area contributed by atoms with E-state index in [0.29, 0.717) is 17.3 Å². The molecule has 2 aromatic heterocycles. The average Bonchev–Trinajstić information content (AvgIpc) is 3.39. The van der Waals surface area contributed by atoms with Crippen molar-refractivity contribution in [3.8, 4) is 5.75 Å². The number of nitrogens with one attached hydrogen (secondary N) is 1. The van der Waals surface area contributed by atoms with Crippen molar-refractivity contribution in [2.75, 3.05) is 7.11 Å². The molecule has 1 amide bonds. The lowest BCUT2D eigenvalue weighted by Crippen LogP contribution is -2.28. The SMILES string of the molecule is COc1ccccc1C(=O)N/C(=C\c1ccco1)C(=O)OCc1ccco1. The number of carbonyl (C=O) groups is 2. The molecule has 0 bridgehead atoms. The van der Waals surface area contributed by atoms with E-state index >= 15 is 0 Å². The Morgan fingerprint density at radius 3 is 2.52 bits per heavy atom. The number of para-hydroxylation sites is 1. The topological polar surface area (TPSA) is 90.9 Å². The van der Waals surface area contributed by atoms with Gasteiger partial charge in [0.1, 0.15) is 29.6 Å². The Bertz CT molecular complexity index is 925. The third-order valence-corrected chi connectivity index (χ3v) is 3.58. The lowest BCUT2D eigenvalue weighted by Gasteiger charge is -2.11. The third kappa shape index (κ3) is 4.66. The summed E-state index contributed by atoms with van der Waals surface area (Å²) in [5.41, 5.74) is 0.205. The maximum atomic E-state index is 12.6. The normalized spacial score (nSPS) is 11.1. The van der Waals surface area contributed by atoms with Gasteiger partial charge < -0.3 is 23.6 Å². The summed E-state index contributed by atoms with van der Waals surface area (Å²) in [5.74, 6) is 0.0135. The number of amides is 1. The summed E-state index contributed by atoms with van der Waals surface area (Å²) in [7, 11) is 1.46. The molecule has 1 aromatic carbocycles. The first-order valence-corrected chi connectivity index (χ1v) is 8.06. The summed E-state index contributed by atoms with van der Waals surface area (Å²) in [6.07, 6.45) is 4.32. The maximum absolute atomic E-state index is 12.6. The highest BCUT2D eigenvalue weighted by atomic mass is 16.5. The molecule has 0 saturated heterocycles. The van der Waals surface area contributed by atoms with E-state index in [1.165, 1.54) is 25.7 Å². The van der Waals surface area contributed by atoms with E-state index in [-0.39, 0.29) is 17.9 Å². The van der Waals surface area contributed by atoms with Crippen molar-refractivity contribution in [3.63, 3.8) is 0 Å². The summed E-state index contributed by atoms with van der Waals surface area (Å²) in [6.45, 7) is -0.0636. The standard InChI is InChI=1S/C20H17NO6/c1-24-18-9-3-2-8-16(18)19(22)21-17(12-14-6-4-10-25-14)20(23)27-13-15-7-5-11-26-15/h2-12H,13H2,1H3,(H,21,22)/b17-12-. The number of furan rings is 2. The van der Waals surface area contributed by atoms with Crippen molar-refractivity contribution >= 4 is 18.0 Å². The van der Waals surface area contributed by atoms with Gasteiger partial charge in [-0.25, -0.2) is 4.79 Å². The fourth-order valence-corrected chi connectivity index (χ4v) is 2.29. The molecule has 1 N–H and O–H groups in total. The number of esters is 1. The minimum absolute atomic E-state index is 0.0636. The van der Waals surface area contributed by atoms with Gasteiger partial charge in [0.05, 0.1) is 25.2 Å². The predicted molar refractivity (Wildman–Crippen MR) is 95.6 cm³/mol. The highest BCUT2D eigenvalue weighted by Gasteiger charge is 2.19. The Hall–Kier alpha value is -3.74. The molecule has 3 rings (SSSR count). The molecule has 0 aliphatic carbocycles. The Morgan fingerprint density at radius 1 is 1.04 bits per heavy atom. The van der Waals surface area contributed by atoms with Crippen LogP contribution in [0.4, 0.5) is 0 Å². The first kappa shape index (κ1) is 18.1. The van der Waals surface area contributed by atoms with Crippen LogP contribution < -0.4 is 10.1 Å². The molecule has 2 heterocycles. The lowest BCUT2D eigenvalue weighted by molar-refractivity contribution is -0.141. The molecule has 0 fully saturated rings. The molecule has 0 atom stereocenters. The highest BCUT2D eigenvalue weighted by molar-refractivity contribution is 6.04. The number of hydrogen-bond donors (Lipinski definition) is 1. The molecular formula is C20H17NO6. The molecule has 0 saturated carbocycles. The predicted octanol–water partition coefficient (Wildman–Crippen LogP) is 3.40. The summed E-state index contributed by atoms with van der Waals surface area (Å²) in [6, 6.07) is 13.4. The van der Waals surface area contributed by atoms with Crippen LogP contribution in [0.15, 0.2) is 75.6 Å². The van der Waals surface area contributed by atoms with Gasteiger partial charge in [-0.15, -0.1) is 0 Å². The largest absolute Gasteiger partial charge is 0.496 e. The minimum Gasteiger partial charge on any atom is -0.496 e. The van der Waals surface area contributed by atoms with E-state index in [4.69, 9.17) is 18.3 Å². The zero-order valence-electron chi connectivity index (χ0n) is 14.5. The highest BCUT2D eigenvalue weighted by Crippen LogP contribution is 2.18. The fourth-order valence-electron chi connectivity index (χ4n) is 2.29. The van der Waals surface area contributed by atoms with Crippen LogP contribution in [0.2, 0.25) is 0 Å². The summed E-state index contributed by atoms with van der Waals surface area (Å²) >= 11 is 0. The van der Waals surface area contributed by atoms with E-state index in [1.54, 1.807) is 48.5 Å². The van der Waals surface area contributed by atoms with Gasteiger partial charge >= 0.3 is 5.97 Å². The Kier molecular flexibility index (Phi) is 5.73. The van der Waals surface area contributed by atoms with Crippen molar-refractivity contribution in [3.05, 3.63) is 83.8 Å². The van der Waals surface area contributed by atoms with Crippen LogP contribution in [0.3, 0.4) is 0 Å². The second kappa shape index (κ2) is 8.57. The summed E-state index contributed by atoms with van der Waals surface area (Å²) in [5, 5.41) is 2.55. The van der Waals surface area contributed by atoms with Crippen molar-refractivity contribution in [2.45, 2.75) is 6.61 Å². The number of methoxy groups -OCH3 is 1. The van der Waals surface area contributed by atoms with Crippen LogP contribution in [0, 0.1) is 0 Å². The number of benzene rings is 1. The molecule has 0 unspecified atom stereocenters. The number of ether oxygens (including phenoxy) is 2. The monoisotopic (exact) mass is 367 g/mol. The molecule has 0 radical (unpaired) electrons. The van der Waals surface area contributed by atoms with E-state index in [2.05, 4.69) is 5.32 Å². The van der Waals surface area contributed by atoms with Crippen molar-refractivity contribution < 1.29 is 27.9 Å². The van der Waals surface area contributed by atoms with Gasteiger partial charge in [0, 0.05) is 6.08 Å². The van der Waals surface area contributed by atoms with Crippen LogP contribution in [0.5, 0.6) is 5.75 Å². The van der Waals surface area contributed by atoms with Crippen LogP contribution in [-0.2, 0) is 16.1 Å². The molecule has 0 aliphatic rings. The van der Waals surface area contributed by atoms with Crippen molar-refractivity contribution in [1.82, 2.24) is 5.32 Å². The molecule has 7 heteroatoms. The van der Waals surface area contributed by atoms with Gasteiger partial charge in [0.15, 0.2) is 0 Å². The molecular weight excluding hydrogens is 350 g/mol. The number of hydrogen-bond acceptors (Lipinski definition) is 6. The molecule has 0 spiro atoms. The van der Waals surface area contributed by atoms with Gasteiger partial charge in [0.2, 0.25) is 0 Å². The lowest BCUT2D eigenvalue weighted by atomic mass is 10.2. The molecule has 27 heavy (non-hydrogen) atoms. The minimum atomic E-state index is -0.731.